The average Bonchev–Trinajstić information content (AvgIpc) is 1.63. The first-order valence-electron chi connectivity index (χ1n) is 36.7. The van der Waals surface area contributed by atoms with Crippen molar-refractivity contribution in [3.8, 4) is 45.0 Å². The number of alkyl halides is 1. The largest absolute Gasteiger partial charge is 0.342 e. The van der Waals surface area contributed by atoms with Gasteiger partial charge in [0.15, 0.2) is 0 Å². The summed E-state index contributed by atoms with van der Waals surface area (Å²) in [4.78, 5) is 106. The zero-order chi connectivity index (χ0) is 78.2. The number of aliphatic carboxylic acids is 1. The Morgan fingerprint density at radius 2 is 0.928 bits per heavy atom. The zero-order valence-electron chi connectivity index (χ0n) is 64.7. The first-order valence-corrected chi connectivity index (χ1v) is 49.5. The Morgan fingerprint density at radius 3 is 1.34 bits per heavy atom. The van der Waals surface area contributed by atoms with Crippen molar-refractivity contribution in [1.29, 1.82) is 0 Å². The van der Waals surface area contributed by atoms with Gasteiger partial charge in [0.1, 0.15) is 35.6 Å². The van der Waals surface area contributed by atoms with Gasteiger partial charge in [0.2, 0.25) is 11.8 Å². The molecule has 4 aromatic carbocycles. The number of ether oxygens (including phenoxy) is 3. The summed E-state index contributed by atoms with van der Waals surface area (Å²) < 4.78 is 29.3. The molecule has 1 saturated carbocycles. The molecular weight excluding hydrogens is 1840 g/mol. The smallest absolute Gasteiger partial charge is 0.124 e. The van der Waals surface area contributed by atoms with Crippen molar-refractivity contribution in [1.82, 2.24) is 81.4 Å². The number of hydrogen-bond acceptors (Lipinski definition) is 18. The van der Waals surface area contributed by atoms with Crippen molar-refractivity contribution in [2.75, 3.05) is 48.1 Å². The summed E-state index contributed by atoms with van der Waals surface area (Å²) in [6.07, 6.45) is 9.35. The molecule has 9 heterocycles. The Morgan fingerprint density at radius 1 is 0.541 bits per heavy atom. The summed E-state index contributed by atoms with van der Waals surface area (Å²) in [5, 5.41) is 38.0. The SMILES string of the molecule is COC(=O)N[C@H](C(=O)N1CCC[C@H]1C1=Nc2ccc(-c3ccc(-c4ccc5nc([C@@H]6CCCN6C(=O)[C@@H](NC(=O)OC)C(C)C)[nH]c5c4)nn3)cc2C1)C(C)C.COC(=O)N[C@H](C(=O)O)C(C)C.S.S.[2H]CF.[CH3-].[I][V]([I])[I].c1cc2nc(C3CCCC3)[nH]c2cc1-c1ccc(-c2ccc3nc([C@@H]4CCCN4)[nH]c3c2)nn1. The summed E-state index contributed by atoms with van der Waals surface area (Å²) >= 11 is 7.39. The molecule has 9 aromatic rings. The van der Waals surface area contributed by atoms with Gasteiger partial charge in [-0.1, -0.05) is 78.6 Å². The number of fused-ring (bicyclic) bond motifs is 4. The Labute approximate surface area is 699 Å². The molecule has 598 valence electrons. The number of likely N-dealkylation sites (tertiary alicyclic amines) is 2. The second-order valence-electron chi connectivity index (χ2n) is 27.9. The van der Waals surface area contributed by atoms with Crippen molar-refractivity contribution in [2.24, 2.45) is 22.7 Å². The number of benzene rings is 4. The fourth-order valence-corrected chi connectivity index (χ4v) is 14.2. The molecule has 27 nitrogen and oxygen atoms in total. The number of aromatic nitrogens is 10. The minimum Gasteiger partial charge on any atom is -0.342 e. The van der Waals surface area contributed by atoms with Crippen LogP contribution in [0.1, 0.15) is 148 Å². The molecule has 6 atom stereocenters. The van der Waals surface area contributed by atoms with Crippen LogP contribution in [0.4, 0.5) is 24.5 Å². The van der Waals surface area contributed by atoms with Crippen LogP contribution < -0.4 is 21.3 Å². The van der Waals surface area contributed by atoms with E-state index in [4.69, 9.17) is 35.9 Å². The predicted octanol–water partition coefficient (Wildman–Crippen LogP) is 15.7. The number of aliphatic imine (C=N–C) groups is 1. The van der Waals surface area contributed by atoms with E-state index in [2.05, 4.69) is 164 Å². The Bertz CT molecular complexity index is 4570. The van der Waals surface area contributed by atoms with E-state index in [1.54, 1.807) is 18.7 Å². The van der Waals surface area contributed by atoms with Crippen LogP contribution in [0.15, 0.2) is 102 Å². The molecule has 5 aromatic heterocycles. The Kier molecular flexibility index (Phi) is 34.3. The van der Waals surface area contributed by atoms with E-state index in [1.807, 2.05) is 87.2 Å². The number of carbonyl (C=O) groups is 6. The number of nitrogens with one attached hydrogen (secondary N) is 7. The zero-order valence-corrected chi connectivity index (χ0v) is 73.5. The summed E-state index contributed by atoms with van der Waals surface area (Å²) in [5.74, 6) is 1.72. The molecule has 14 rings (SSSR count). The Hall–Kier alpha value is -7.30. The maximum atomic E-state index is 13.6. The molecule has 4 aliphatic heterocycles. The summed E-state index contributed by atoms with van der Waals surface area (Å²) in [7, 11) is 2.77. The van der Waals surface area contributed by atoms with Gasteiger partial charge in [-0.25, -0.2) is 34.1 Å². The summed E-state index contributed by atoms with van der Waals surface area (Å²) in [6.45, 7) is 13.3. The third-order valence-corrected chi connectivity index (χ3v) is 19.8. The number of carbonyl (C=O) groups excluding carboxylic acids is 5. The number of alkyl carbamates (subject to hydrolysis) is 3. The number of hydrogen-bond donors (Lipinski definition) is 8. The molecule has 0 bridgehead atoms. The van der Waals surface area contributed by atoms with Crippen molar-refractivity contribution in [3.05, 3.63) is 128 Å². The second kappa shape index (κ2) is 42.7. The van der Waals surface area contributed by atoms with Crippen LogP contribution in [0, 0.1) is 25.2 Å². The van der Waals surface area contributed by atoms with Crippen LogP contribution >= 0.6 is 86.9 Å². The van der Waals surface area contributed by atoms with Gasteiger partial charge in [-0.15, -0.1) is 20.4 Å². The van der Waals surface area contributed by atoms with Gasteiger partial charge in [0.05, 0.1) is 110 Å². The van der Waals surface area contributed by atoms with E-state index < -0.39 is 49.5 Å². The maximum absolute atomic E-state index is 13.6. The van der Waals surface area contributed by atoms with Gasteiger partial charge >= 0.3 is 89.1 Å². The van der Waals surface area contributed by atoms with Crippen molar-refractivity contribution >= 4 is 167 Å². The number of methoxy groups -OCH3 is 3. The van der Waals surface area contributed by atoms with Gasteiger partial charge in [-0.05, 0) is 154 Å². The number of rotatable bonds is 17. The number of aromatic amines is 3. The molecule has 8 N–H and O–H groups in total. The fraction of sp³-hybridized carbons (Fsp3) is 0.442. The van der Waals surface area contributed by atoms with Crippen LogP contribution in [0.3, 0.4) is 0 Å². The third-order valence-electron chi connectivity index (χ3n) is 19.8. The van der Waals surface area contributed by atoms with Gasteiger partial charge in [0.25, 0.3) is 0 Å². The fourth-order valence-electron chi connectivity index (χ4n) is 14.2. The van der Waals surface area contributed by atoms with Crippen molar-refractivity contribution < 1.29 is 58.8 Å². The second-order valence-corrected chi connectivity index (χ2v) is 63.3. The molecule has 5 amide bonds. The van der Waals surface area contributed by atoms with E-state index in [1.165, 1.54) is 53.4 Å². The molecule has 0 unspecified atom stereocenters. The van der Waals surface area contributed by atoms with Crippen LogP contribution in [-0.2, 0) is 39.9 Å². The standard InChI is InChI=1S/C41H49N9O6.C27H27N7.C7H13NO4.CH3F.CH3.3HI.2H2S.V/c1-22(2)35(45-40(53)55-5)38(51)49-17-7-9-33(49)32-21-26-19-24(11-13-27(26)42-32)28-15-16-29(48-47-28)25-12-14-30-31(20-25)44-37(43-30)34-10-8-18-50(34)39(52)36(23(3)4)46-41(54)56-6;1-2-5-16(4-1)26-29-21-9-7-17(14-24(21)31-26)19-11-12-20(34-33-19)18-8-10-22-25(15-18)32-27(30-22)23-6-3-13-28-23;1-4(2)5(6(9)10)8-7(11)12-3;1-2;;;;;;;/h11-16,19-20,22-23,33-36H,7-10,17-18,21H2,1-6H3,(H,43,44)(H,45,53)(H,46,54);7-12,14-16,23,28H,1-6,13H2,(H,29,31)(H,30,32);4-5H,1-3H3,(H,8,11)(H,9,10);1H3;1H3;3*1H;2*1H2;/q;;;;-1;;;;;;+3/p-3/t33-,34-,35-,36-;23-;5-;;;;;;;;/m000......../s1/i;;;1D;;;;;;;. The molecule has 3 saturated heterocycles. The number of halogens is 4. The maximum Gasteiger partial charge on any atom is 0.124 e. The van der Waals surface area contributed by atoms with E-state index in [0.717, 1.165) is 140 Å². The number of carboxylic acids is 1. The van der Waals surface area contributed by atoms with Gasteiger partial charge in [-0.2, -0.15) is 27.0 Å². The molecular formula is C77H99FI3N17O10S2V-. The van der Waals surface area contributed by atoms with Crippen LogP contribution in [-0.4, -0.2) is 179 Å². The van der Waals surface area contributed by atoms with E-state index in [9.17, 15) is 33.2 Å². The minimum absolute atomic E-state index is 0. The molecule has 0 spiro atoms. The Balaban J connectivity index is 0.000000262. The first-order chi connectivity index (χ1) is 52.4. The third kappa shape index (κ3) is 23.0. The minimum atomic E-state index is -1.06. The molecule has 4 fully saturated rings. The molecule has 111 heavy (non-hydrogen) atoms. The number of H-pyrrole nitrogens is 3. The van der Waals surface area contributed by atoms with E-state index >= 15 is 0 Å². The quantitative estimate of drug-likeness (QED) is 0.0238. The number of amides is 5. The molecule has 5 aliphatic rings. The number of carboxylic acid groups (broad SMARTS) is 1. The molecule has 0 radical (unpaired) electrons. The van der Waals surface area contributed by atoms with E-state index in [-0.39, 0.29) is 81.0 Å². The monoisotopic (exact) mass is 1940 g/mol. The summed E-state index contributed by atoms with van der Waals surface area (Å²) in [6, 6.07) is 30.2. The van der Waals surface area contributed by atoms with E-state index in [0.29, 0.717) is 43.0 Å². The van der Waals surface area contributed by atoms with Gasteiger partial charge in [0, 0.05) is 53.4 Å². The van der Waals surface area contributed by atoms with Crippen LogP contribution in [0.5, 0.6) is 0 Å². The van der Waals surface area contributed by atoms with Gasteiger partial charge < -0.3 is 72.8 Å². The van der Waals surface area contributed by atoms with Crippen molar-refractivity contribution in [3.63, 3.8) is 0 Å². The average molecular weight is 1940 g/mol. The predicted molar refractivity (Wildman–Crippen MR) is 462 cm³/mol. The number of imidazole rings is 3. The van der Waals surface area contributed by atoms with Crippen LogP contribution in [0.25, 0.3) is 78.1 Å². The summed E-state index contributed by atoms with van der Waals surface area (Å²) in [5.41, 5.74) is 15.7. The molecule has 1 aliphatic carbocycles. The topological polar surface area (TPSA) is 355 Å². The van der Waals surface area contributed by atoms with Crippen LogP contribution in [0.2, 0.25) is 0 Å². The van der Waals surface area contributed by atoms with Gasteiger partial charge in [-0.3, -0.25) is 19.0 Å². The first kappa shape index (κ1) is 89.3. The normalized spacial score (nSPS) is 17.2. The molecule has 34 heteroatoms. The number of nitrogens with zero attached hydrogens (tertiary/aromatic N) is 10. The van der Waals surface area contributed by atoms with Crippen molar-refractivity contribution in [2.45, 2.75) is 154 Å².